The monoisotopic (exact) mass is 420 g/mol. The van der Waals surface area contributed by atoms with Gasteiger partial charge in [0.05, 0.1) is 18.8 Å². The fourth-order valence-electron chi connectivity index (χ4n) is 3.91. The van der Waals surface area contributed by atoms with E-state index in [-0.39, 0.29) is 25.2 Å². The van der Waals surface area contributed by atoms with Gasteiger partial charge in [0.15, 0.2) is 0 Å². The van der Waals surface area contributed by atoms with Crippen LogP contribution in [0.3, 0.4) is 0 Å². The number of urea groups is 1. The molecule has 8 heteroatoms. The van der Waals surface area contributed by atoms with Crippen molar-refractivity contribution < 1.29 is 27.8 Å². The average Bonchev–Trinajstić information content (AvgIpc) is 2.72. The second-order valence-electron chi connectivity index (χ2n) is 7.92. The Hall–Kier alpha value is -2.58. The first-order valence-electron chi connectivity index (χ1n) is 9.88. The van der Waals surface area contributed by atoms with Crippen LogP contribution in [0.1, 0.15) is 35.4 Å². The minimum atomic E-state index is -4.33. The number of carbonyl (C=O) groups excluding carboxylic acids is 1. The van der Waals surface area contributed by atoms with Crippen LogP contribution < -0.4 is 5.32 Å². The van der Waals surface area contributed by atoms with Crippen molar-refractivity contribution in [1.82, 2.24) is 4.90 Å². The highest BCUT2D eigenvalue weighted by atomic mass is 19.4. The van der Waals surface area contributed by atoms with Crippen LogP contribution >= 0.6 is 0 Å². The van der Waals surface area contributed by atoms with Crippen molar-refractivity contribution in [2.45, 2.75) is 30.5 Å². The number of benzene rings is 2. The number of piperidine rings is 1. The Balaban J connectivity index is 1.33. The molecule has 2 saturated heterocycles. The first kappa shape index (κ1) is 20.7. The third-order valence-electron chi connectivity index (χ3n) is 5.82. The third kappa shape index (κ3) is 4.29. The summed E-state index contributed by atoms with van der Waals surface area (Å²) in [5, 5.41) is 13.2. The van der Waals surface area contributed by atoms with Gasteiger partial charge in [-0.25, -0.2) is 4.79 Å². The molecule has 2 amide bonds. The van der Waals surface area contributed by atoms with Crippen molar-refractivity contribution in [3.63, 3.8) is 0 Å². The first-order chi connectivity index (χ1) is 14.2. The predicted octanol–water partition coefficient (Wildman–Crippen LogP) is 4.33. The molecule has 4 rings (SSSR count). The number of hydrogen-bond acceptors (Lipinski definition) is 3. The Morgan fingerprint density at radius 1 is 1.10 bits per heavy atom. The van der Waals surface area contributed by atoms with E-state index in [4.69, 9.17) is 4.74 Å². The van der Waals surface area contributed by atoms with Gasteiger partial charge in [-0.1, -0.05) is 24.3 Å². The molecule has 0 aliphatic carbocycles. The standard InChI is InChI=1S/C22H23F3N2O3/c23-22(24,25)17-6-4-15(5-7-17)16-8-10-27(11-9-16)20(28)26-19-3-1-2-18(12-19)21(29)13-30-14-21/h1-7,12,16,29H,8-11,13-14H2,(H,26,28). The summed E-state index contributed by atoms with van der Waals surface area (Å²) in [6.07, 6.45) is -2.95. The van der Waals surface area contributed by atoms with Gasteiger partial charge in [-0.3, -0.25) is 0 Å². The lowest BCUT2D eigenvalue weighted by molar-refractivity contribution is -0.184. The first-order valence-corrected chi connectivity index (χ1v) is 9.88. The Morgan fingerprint density at radius 2 is 1.77 bits per heavy atom. The summed E-state index contributed by atoms with van der Waals surface area (Å²) in [5.41, 5.74) is 0.520. The van der Waals surface area contributed by atoms with Gasteiger partial charge in [0, 0.05) is 18.8 Å². The largest absolute Gasteiger partial charge is 0.416 e. The fourth-order valence-corrected chi connectivity index (χ4v) is 3.91. The highest BCUT2D eigenvalue weighted by molar-refractivity contribution is 5.89. The van der Waals surface area contributed by atoms with Crippen molar-refractivity contribution in [2.75, 3.05) is 31.6 Å². The van der Waals surface area contributed by atoms with Crippen molar-refractivity contribution >= 4 is 11.7 Å². The Labute approximate surface area is 172 Å². The van der Waals surface area contributed by atoms with E-state index in [1.807, 2.05) is 0 Å². The zero-order chi connectivity index (χ0) is 21.4. The van der Waals surface area contributed by atoms with Crippen LogP contribution in [0.25, 0.3) is 0 Å². The Morgan fingerprint density at radius 3 is 2.33 bits per heavy atom. The lowest BCUT2D eigenvalue weighted by Crippen LogP contribution is -2.46. The molecule has 2 aliphatic rings. The smallest absolute Gasteiger partial charge is 0.380 e. The van der Waals surface area contributed by atoms with Gasteiger partial charge < -0.3 is 20.1 Å². The van der Waals surface area contributed by atoms with Gasteiger partial charge in [0.1, 0.15) is 5.60 Å². The number of carbonyl (C=O) groups is 1. The molecule has 2 aromatic carbocycles. The van der Waals surface area contributed by atoms with Gasteiger partial charge >= 0.3 is 12.2 Å². The zero-order valence-corrected chi connectivity index (χ0v) is 16.3. The van der Waals surface area contributed by atoms with E-state index < -0.39 is 17.3 Å². The summed E-state index contributed by atoms with van der Waals surface area (Å²) in [4.78, 5) is 14.3. The number of ether oxygens (including phenoxy) is 1. The molecule has 2 N–H and O–H groups in total. The molecule has 5 nitrogen and oxygen atoms in total. The van der Waals surface area contributed by atoms with Gasteiger partial charge in [-0.05, 0) is 54.2 Å². The highest BCUT2D eigenvalue weighted by Gasteiger charge is 2.38. The third-order valence-corrected chi connectivity index (χ3v) is 5.82. The molecule has 0 aromatic heterocycles. The quantitative estimate of drug-likeness (QED) is 0.777. The van der Waals surface area contributed by atoms with Crippen LogP contribution in [-0.4, -0.2) is 42.3 Å². The molecule has 2 aromatic rings. The van der Waals surface area contributed by atoms with Gasteiger partial charge in [0.25, 0.3) is 0 Å². The number of nitrogens with zero attached hydrogens (tertiary/aromatic N) is 1. The van der Waals surface area contributed by atoms with E-state index in [0.29, 0.717) is 37.2 Å². The molecule has 30 heavy (non-hydrogen) atoms. The van der Waals surface area contributed by atoms with E-state index in [2.05, 4.69) is 5.32 Å². The number of halogens is 3. The van der Waals surface area contributed by atoms with Gasteiger partial charge in [-0.2, -0.15) is 13.2 Å². The van der Waals surface area contributed by atoms with Crippen molar-refractivity contribution in [3.05, 3.63) is 65.2 Å². The molecule has 160 valence electrons. The van der Waals surface area contributed by atoms with Crippen LogP contribution in [0.5, 0.6) is 0 Å². The number of aliphatic hydroxyl groups is 1. The maximum absolute atomic E-state index is 12.7. The number of alkyl halides is 3. The Kier molecular flexibility index (Phi) is 5.46. The maximum atomic E-state index is 12.7. The number of rotatable bonds is 3. The van der Waals surface area contributed by atoms with Crippen molar-refractivity contribution in [1.29, 1.82) is 0 Å². The topological polar surface area (TPSA) is 61.8 Å². The number of likely N-dealkylation sites (tertiary alicyclic amines) is 1. The molecule has 0 saturated carbocycles. The van der Waals surface area contributed by atoms with E-state index in [0.717, 1.165) is 17.7 Å². The van der Waals surface area contributed by atoms with E-state index in [1.54, 1.807) is 29.2 Å². The molecule has 0 atom stereocenters. The predicted molar refractivity (Wildman–Crippen MR) is 105 cm³/mol. The van der Waals surface area contributed by atoms with Crippen molar-refractivity contribution in [3.8, 4) is 0 Å². The fraction of sp³-hybridized carbons (Fsp3) is 0.409. The van der Waals surface area contributed by atoms with Crippen molar-refractivity contribution in [2.24, 2.45) is 0 Å². The summed E-state index contributed by atoms with van der Waals surface area (Å²) in [5.74, 6) is 0.132. The molecule has 2 heterocycles. The molecule has 2 fully saturated rings. The molecule has 0 spiro atoms. The highest BCUT2D eigenvalue weighted by Crippen LogP contribution is 2.33. The summed E-state index contributed by atoms with van der Waals surface area (Å²) in [7, 11) is 0. The van der Waals surface area contributed by atoms with E-state index in [1.165, 1.54) is 12.1 Å². The lowest BCUT2D eigenvalue weighted by atomic mass is 9.89. The summed E-state index contributed by atoms with van der Waals surface area (Å²) < 4.78 is 43.2. The second kappa shape index (κ2) is 7.92. The van der Waals surface area contributed by atoms with E-state index in [9.17, 15) is 23.1 Å². The minimum absolute atomic E-state index is 0.132. The molecule has 0 bridgehead atoms. The summed E-state index contributed by atoms with van der Waals surface area (Å²) >= 11 is 0. The van der Waals surface area contributed by atoms with Crippen LogP contribution in [0.2, 0.25) is 0 Å². The number of hydrogen-bond donors (Lipinski definition) is 2. The van der Waals surface area contributed by atoms with Crippen LogP contribution in [0.15, 0.2) is 48.5 Å². The Bertz CT molecular complexity index is 903. The number of amides is 2. The average molecular weight is 420 g/mol. The molecule has 0 unspecified atom stereocenters. The summed E-state index contributed by atoms with van der Waals surface area (Å²) in [6.45, 7) is 1.52. The van der Waals surface area contributed by atoms with Crippen LogP contribution in [0, 0.1) is 0 Å². The zero-order valence-electron chi connectivity index (χ0n) is 16.3. The molecular formula is C22H23F3N2O3. The van der Waals surface area contributed by atoms with Crippen LogP contribution in [-0.2, 0) is 16.5 Å². The molecule has 2 aliphatic heterocycles. The second-order valence-corrected chi connectivity index (χ2v) is 7.92. The number of anilines is 1. The minimum Gasteiger partial charge on any atom is -0.380 e. The molecular weight excluding hydrogens is 397 g/mol. The SMILES string of the molecule is O=C(Nc1cccc(C2(O)COC2)c1)N1CCC(c2ccc(C(F)(F)F)cc2)CC1. The van der Waals surface area contributed by atoms with Gasteiger partial charge in [0.2, 0.25) is 0 Å². The maximum Gasteiger partial charge on any atom is 0.416 e. The summed E-state index contributed by atoms with van der Waals surface area (Å²) in [6, 6.07) is 12.1. The normalized spacial score (nSPS) is 19.3. The number of nitrogens with one attached hydrogen (secondary N) is 1. The lowest BCUT2D eigenvalue weighted by Gasteiger charge is -2.37. The van der Waals surface area contributed by atoms with E-state index >= 15 is 0 Å². The van der Waals surface area contributed by atoms with Gasteiger partial charge in [-0.15, -0.1) is 0 Å². The molecule has 0 radical (unpaired) electrons. The van der Waals surface area contributed by atoms with Crippen LogP contribution in [0.4, 0.5) is 23.7 Å².